The van der Waals surface area contributed by atoms with Gasteiger partial charge in [0.2, 0.25) is 0 Å². The van der Waals surface area contributed by atoms with Crippen molar-refractivity contribution >= 4 is 6.21 Å². The molecule has 1 heteroatoms. The number of hydrogen-bond acceptors (Lipinski definition) is 1. The van der Waals surface area contributed by atoms with Crippen LogP contribution >= 0.6 is 0 Å². The molecule has 0 aromatic rings. The maximum Gasteiger partial charge on any atom is 0.0273 e. The molecule has 1 unspecified atom stereocenters. The van der Waals surface area contributed by atoms with Gasteiger partial charge in [0, 0.05) is 7.05 Å². The van der Waals surface area contributed by atoms with Crippen LogP contribution in [0.1, 0.15) is 59.8 Å². The first-order valence-electron chi connectivity index (χ1n) is 6.56. The second kappa shape index (κ2) is 8.94. The highest BCUT2D eigenvalue weighted by molar-refractivity contribution is 5.57. The summed E-state index contributed by atoms with van der Waals surface area (Å²) in [5.74, 6) is 2.57. The van der Waals surface area contributed by atoms with Gasteiger partial charge in [-0.15, -0.1) is 0 Å². The Bertz CT molecular complexity index is 163. The van der Waals surface area contributed by atoms with Gasteiger partial charge in [-0.3, -0.25) is 0 Å². The van der Waals surface area contributed by atoms with E-state index >= 15 is 0 Å². The summed E-state index contributed by atoms with van der Waals surface area (Å²) in [7, 11) is 1.87. The zero-order valence-corrected chi connectivity index (χ0v) is 11.3. The average molecular weight is 211 g/mol. The van der Waals surface area contributed by atoms with Crippen molar-refractivity contribution in [1.29, 1.82) is 0 Å². The molecule has 0 heterocycles. The Hall–Kier alpha value is -0.330. The summed E-state index contributed by atoms with van der Waals surface area (Å²) in [4.78, 5) is 4.09. The summed E-state index contributed by atoms with van der Waals surface area (Å²) in [6.45, 7) is 9.39. The monoisotopic (exact) mass is 211 g/mol. The molecule has 0 rings (SSSR count). The van der Waals surface area contributed by atoms with Crippen LogP contribution in [0.5, 0.6) is 0 Å². The molecule has 0 saturated heterocycles. The lowest BCUT2D eigenvalue weighted by Gasteiger charge is -2.23. The number of rotatable bonds is 8. The highest BCUT2D eigenvalue weighted by Gasteiger charge is 2.15. The van der Waals surface area contributed by atoms with Crippen LogP contribution in [0.4, 0.5) is 0 Å². The van der Waals surface area contributed by atoms with Gasteiger partial charge < -0.3 is 4.99 Å². The van der Waals surface area contributed by atoms with Gasteiger partial charge in [-0.1, -0.05) is 47.0 Å². The van der Waals surface area contributed by atoms with Crippen molar-refractivity contribution in [2.45, 2.75) is 59.8 Å². The molecule has 0 radical (unpaired) electrons. The molecule has 0 bridgehead atoms. The molecule has 15 heavy (non-hydrogen) atoms. The van der Waals surface area contributed by atoms with E-state index in [4.69, 9.17) is 0 Å². The number of nitrogens with zero attached hydrogens (tertiary/aromatic N) is 1. The third-order valence-corrected chi connectivity index (χ3v) is 3.62. The molecule has 1 nitrogen and oxygen atoms in total. The Labute approximate surface area is 96.4 Å². The molecule has 0 aromatic carbocycles. The molecule has 0 amide bonds. The van der Waals surface area contributed by atoms with Gasteiger partial charge in [-0.05, 0) is 36.8 Å². The predicted octanol–water partition coefficient (Wildman–Crippen LogP) is 4.57. The van der Waals surface area contributed by atoms with Gasteiger partial charge in [0.05, 0.1) is 0 Å². The number of aliphatic imine (C=N–C) groups is 1. The van der Waals surface area contributed by atoms with Gasteiger partial charge >= 0.3 is 0 Å². The first kappa shape index (κ1) is 14.7. The van der Waals surface area contributed by atoms with Crippen LogP contribution in [0.3, 0.4) is 0 Å². The van der Waals surface area contributed by atoms with Gasteiger partial charge in [-0.2, -0.15) is 0 Å². The van der Waals surface area contributed by atoms with E-state index in [0.717, 1.165) is 24.2 Å². The van der Waals surface area contributed by atoms with Crippen LogP contribution in [-0.2, 0) is 0 Å². The molecule has 0 aliphatic rings. The van der Waals surface area contributed by atoms with E-state index in [2.05, 4.69) is 38.9 Å². The second-order valence-corrected chi connectivity index (χ2v) is 4.93. The molecule has 0 aliphatic heterocycles. The van der Waals surface area contributed by atoms with E-state index in [-0.39, 0.29) is 0 Å². The van der Waals surface area contributed by atoms with E-state index < -0.39 is 0 Å². The zero-order chi connectivity index (χ0) is 11.7. The van der Waals surface area contributed by atoms with Crippen molar-refractivity contribution in [2.24, 2.45) is 22.7 Å². The van der Waals surface area contributed by atoms with E-state index in [1.165, 1.54) is 25.7 Å². The first-order chi connectivity index (χ1) is 7.15. The Morgan fingerprint density at radius 3 is 2.27 bits per heavy atom. The summed E-state index contributed by atoms with van der Waals surface area (Å²) in [6, 6.07) is 0. The molecular weight excluding hydrogens is 182 g/mol. The highest BCUT2D eigenvalue weighted by atomic mass is 14.6. The smallest absolute Gasteiger partial charge is 0.0273 e. The van der Waals surface area contributed by atoms with Crippen LogP contribution in [0, 0.1) is 17.8 Å². The molecule has 0 N–H and O–H groups in total. The summed E-state index contributed by atoms with van der Waals surface area (Å²) in [5.41, 5.74) is 0. The van der Waals surface area contributed by atoms with Crippen molar-refractivity contribution in [1.82, 2.24) is 0 Å². The Balaban J connectivity index is 3.93. The minimum atomic E-state index is 0.836. The maximum atomic E-state index is 4.09. The third kappa shape index (κ3) is 6.70. The Morgan fingerprint density at radius 1 is 1.13 bits per heavy atom. The van der Waals surface area contributed by atoms with Gasteiger partial charge in [-0.25, -0.2) is 0 Å². The van der Waals surface area contributed by atoms with Crippen molar-refractivity contribution in [3.63, 3.8) is 0 Å². The zero-order valence-electron chi connectivity index (χ0n) is 11.3. The minimum absolute atomic E-state index is 0.836. The van der Waals surface area contributed by atoms with Gasteiger partial charge in [0.1, 0.15) is 0 Å². The van der Waals surface area contributed by atoms with Crippen molar-refractivity contribution < 1.29 is 0 Å². The van der Waals surface area contributed by atoms with Crippen LogP contribution in [0.2, 0.25) is 0 Å². The largest absolute Gasteiger partial charge is 0.301 e. The van der Waals surface area contributed by atoms with Crippen LogP contribution < -0.4 is 0 Å². The highest BCUT2D eigenvalue weighted by Crippen LogP contribution is 2.26. The fraction of sp³-hybridized carbons (Fsp3) is 0.929. The number of hydrogen-bond donors (Lipinski definition) is 0. The van der Waals surface area contributed by atoms with E-state index in [0.29, 0.717) is 0 Å². The van der Waals surface area contributed by atoms with E-state index in [9.17, 15) is 0 Å². The summed E-state index contributed by atoms with van der Waals surface area (Å²) < 4.78 is 0. The molecule has 0 fully saturated rings. The van der Waals surface area contributed by atoms with Crippen molar-refractivity contribution in [3.05, 3.63) is 0 Å². The Kier molecular flexibility index (Phi) is 8.74. The fourth-order valence-corrected chi connectivity index (χ4v) is 2.18. The molecule has 0 aliphatic carbocycles. The fourth-order valence-electron chi connectivity index (χ4n) is 2.18. The van der Waals surface area contributed by atoms with Crippen LogP contribution in [0.15, 0.2) is 4.99 Å². The van der Waals surface area contributed by atoms with Crippen LogP contribution in [0.25, 0.3) is 0 Å². The molecule has 90 valence electrons. The summed E-state index contributed by atoms with van der Waals surface area (Å²) in [5, 5.41) is 0. The SMILES string of the molecule is CCC[C@@H](C)C(C)C[C@H](CC)C/C=N\C. The predicted molar refractivity (Wildman–Crippen MR) is 70.7 cm³/mol. The lowest BCUT2D eigenvalue weighted by atomic mass is 9.82. The van der Waals surface area contributed by atoms with E-state index in [1.54, 1.807) is 0 Å². The van der Waals surface area contributed by atoms with Crippen LogP contribution in [-0.4, -0.2) is 13.3 Å². The minimum Gasteiger partial charge on any atom is -0.301 e. The average Bonchev–Trinajstić information content (AvgIpc) is 2.24. The lowest BCUT2D eigenvalue weighted by molar-refractivity contribution is 0.288. The molecule has 3 atom stereocenters. The second-order valence-electron chi connectivity index (χ2n) is 4.93. The lowest BCUT2D eigenvalue weighted by Crippen LogP contribution is -2.13. The molecule has 0 spiro atoms. The van der Waals surface area contributed by atoms with Gasteiger partial charge in [0.25, 0.3) is 0 Å². The quantitative estimate of drug-likeness (QED) is 0.522. The summed E-state index contributed by atoms with van der Waals surface area (Å²) >= 11 is 0. The standard InChI is InChI=1S/C14H29N/c1-6-8-12(3)13(4)11-14(7-2)9-10-15-5/h10,12-14H,6-9,11H2,1-5H3/b15-10-/t12-,13?,14-/m1/s1. The maximum absolute atomic E-state index is 4.09. The first-order valence-corrected chi connectivity index (χ1v) is 6.56. The van der Waals surface area contributed by atoms with E-state index in [1.807, 2.05) is 7.05 Å². The normalized spacial score (nSPS) is 17.9. The topological polar surface area (TPSA) is 12.4 Å². The molecular formula is C14H29N. The molecule has 0 aromatic heterocycles. The molecule has 0 saturated carbocycles. The third-order valence-electron chi connectivity index (χ3n) is 3.62. The van der Waals surface area contributed by atoms with Crippen molar-refractivity contribution in [2.75, 3.05) is 7.05 Å². The Morgan fingerprint density at radius 2 is 1.80 bits per heavy atom. The van der Waals surface area contributed by atoms with Crippen molar-refractivity contribution in [3.8, 4) is 0 Å². The van der Waals surface area contributed by atoms with Gasteiger partial charge in [0.15, 0.2) is 0 Å². The summed E-state index contributed by atoms with van der Waals surface area (Å²) in [6.07, 6.45) is 8.58.